The maximum absolute atomic E-state index is 3.69. The molecule has 0 nitrogen and oxygen atoms in total. The van der Waals surface area contributed by atoms with Gasteiger partial charge in [0.25, 0.3) is 0 Å². The van der Waals surface area contributed by atoms with Gasteiger partial charge in [-0.2, -0.15) is 6.42 Å². The van der Waals surface area contributed by atoms with E-state index < -0.39 is 0 Å². The summed E-state index contributed by atoms with van der Waals surface area (Å²) in [5.74, 6) is 0.588. The first-order valence-electron chi connectivity index (χ1n) is 2.23. The summed E-state index contributed by atoms with van der Waals surface area (Å²) < 4.78 is 0. The third kappa shape index (κ3) is 10.1. The second-order valence-corrected chi connectivity index (χ2v) is 1.50. The summed E-state index contributed by atoms with van der Waals surface area (Å²) in [5, 5.41) is 0. The van der Waals surface area contributed by atoms with E-state index in [9.17, 15) is 0 Å². The zero-order chi connectivity index (χ0) is 4.99. The van der Waals surface area contributed by atoms with Crippen LogP contribution in [0.1, 0.15) is 13.3 Å². The molecule has 8 heavy (non-hydrogen) atoms. The summed E-state index contributed by atoms with van der Waals surface area (Å²) in [4.78, 5) is 0. The minimum atomic E-state index is 0. The second-order valence-electron chi connectivity index (χ2n) is 1.50. The van der Waals surface area contributed by atoms with Gasteiger partial charge in [-0.3, -0.25) is 0 Å². The van der Waals surface area contributed by atoms with Gasteiger partial charge >= 0.3 is 23.1 Å². The van der Waals surface area contributed by atoms with Crippen molar-refractivity contribution < 1.29 is 17.0 Å². The van der Waals surface area contributed by atoms with E-state index in [0.717, 1.165) is 6.42 Å². The van der Waals surface area contributed by atoms with Crippen LogP contribution in [0.4, 0.5) is 0 Å². The third-order valence-corrected chi connectivity index (χ3v) is 0.858. The smallest absolute Gasteiger partial charge is 1.00 e. The fraction of sp³-hybridized carbons (Fsp3) is 0.500. The molecule has 0 aromatic heterocycles. The summed E-state index contributed by atoms with van der Waals surface area (Å²) in [6.07, 6.45) is 2.87. The Morgan fingerprint density at radius 2 is 2.12 bits per heavy atom. The fourth-order valence-electron chi connectivity index (χ4n) is 0.118. The predicted molar refractivity (Wildman–Crippen MR) is 35.1 cm³/mol. The van der Waals surface area contributed by atoms with Crippen molar-refractivity contribution in [3.63, 3.8) is 0 Å². The molecule has 0 heterocycles. The molecule has 0 aromatic rings. The number of rotatable bonds is 2. The van der Waals surface area contributed by atoms with E-state index in [0.29, 0.717) is 5.92 Å². The van der Waals surface area contributed by atoms with Gasteiger partial charge in [-0.1, -0.05) is 18.9 Å². The van der Waals surface area contributed by atoms with Gasteiger partial charge in [0.2, 0.25) is 0 Å². The van der Waals surface area contributed by atoms with Crippen LogP contribution >= 0.6 is 0 Å². The van der Waals surface area contributed by atoms with E-state index in [-0.39, 0.29) is 40.0 Å². The van der Waals surface area contributed by atoms with Crippen molar-refractivity contribution in [2.24, 2.45) is 5.92 Å². The molecule has 0 radical (unpaired) electrons. The standard InChI is InChI=1S/C6H11.BrH.Mg/c1-4-6(3)5-2;;/h4,6H,1-2,5H2,3H3;1H;/q-1;;+2/p-1. The first-order valence-corrected chi connectivity index (χ1v) is 2.23. The van der Waals surface area contributed by atoms with Crippen LogP contribution in [0.25, 0.3) is 0 Å². The maximum Gasteiger partial charge on any atom is 2.00 e. The van der Waals surface area contributed by atoms with Gasteiger partial charge in [-0.15, -0.1) is 6.58 Å². The van der Waals surface area contributed by atoms with Crippen molar-refractivity contribution in [1.29, 1.82) is 0 Å². The Morgan fingerprint density at radius 1 is 1.75 bits per heavy atom. The molecule has 0 aliphatic rings. The molecule has 0 spiro atoms. The number of halogens is 1. The van der Waals surface area contributed by atoms with Crippen LogP contribution in [0.15, 0.2) is 12.7 Å². The first kappa shape index (κ1) is 16.0. The van der Waals surface area contributed by atoms with Gasteiger partial charge in [0, 0.05) is 0 Å². The molecule has 0 aromatic carbocycles. The number of hydrogen-bond acceptors (Lipinski definition) is 0. The Bertz CT molecular complexity index is 45.8. The second kappa shape index (κ2) is 10.9. The zero-order valence-corrected chi connectivity index (χ0v) is 8.36. The molecule has 0 amide bonds. The largest absolute Gasteiger partial charge is 2.00 e. The van der Waals surface area contributed by atoms with Crippen LogP contribution in [0, 0.1) is 12.8 Å². The summed E-state index contributed by atoms with van der Waals surface area (Å²) in [6, 6.07) is 0. The minimum Gasteiger partial charge on any atom is -1.00 e. The van der Waals surface area contributed by atoms with Crippen LogP contribution in [0.3, 0.4) is 0 Å². The summed E-state index contributed by atoms with van der Waals surface area (Å²) in [5.41, 5.74) is 0. The molecular weight excluding hydrogens is 176 g/mol. The summed E-state index contributed by atoms with van der Waals surface area (Å²) >= 11 is 0. The van der Waals surface area contributed by atoms with E-state index in [4.69, 9.17) is 0 Å². The molecule has 0 saturated carbocycles. The fourth-order valence-corrected chi connectivity index (χ4v) is 0.118. The van der Waals surface area contributed by atoms with Gasteiger partial charge < -0.3 is 23.9 Å². The normalized spacial score (nSPS) is 10.2. The zero-order valence-electron chi connectivity index (χ0n) is 5.36. The van der Waals surface area contributed by atoms with Crippen molar-refractivity contribution >= 4 is 23.1 Å². The van der Waals surface area contributed by atoms with Gasteiger partial charge in [0.15, 0.2) is 0 Å². The first-order chi connectivity index (χ1) is 2.81. The monoisotopic (exact) mass is 186 g/mol. The van der Waals surface area contributed by atoms with Gasteiger partial charge in [-0.25, -0.2) is 0 Å². The average molecular weight is 187 g/mol. The molecule has 0 saturated heterocycles. The predicted octanol–water partition coefficient (Wildman–Crippen LogP) is -1.34. The van der Waals surface area contributed by atoms with Crippen molar-refractivity contribution in [3.8, 4) is 0 Å². The molecule has 0 bridgehead atoms. The quantitative estimate of drug-likeness (QED) is 0.285. The van der Waals surface area contributed by atoms with Gasteiger partial charge in [-0.05, 0) is 0 Å². The topological polar surface area (TPSA) is 0 Å². The van der Waals surface area contributed by atoms with E-state index in [2.05, 4.69) is 20.4 Å². The summed E-state index contributed by atoms with van der Waals surface area (Å²) in [7, 11) is 0. The summed E-state index contributed by atoms with van der Waals surface area (Å²) in [6.45, 7) is 9.37. The van der Waals surface area contributed by atoms with Crippen LogP contribution in [-0.4, -0.2) is 23.1 Å². The van der Waals surface area contributed by atoms with E-state index in [1.807, 2.05) is 6.08 Å². The van der Waals surface area contributed by atoms with Crippen molar-refractivity contribution in [3.05, 3.63) is 19.6 Å². The van der Waals surface area contributed by atoms with E-state index in [1.165, 1.54) is 0 Å². The Morgan fingerprint density at radius 3 is 2.12 bits per heavy atom. The molecule has 1 atom stereocenters. The third-order valence-electron chi connectivity index (χ3n) is 0.858. The molecule has 44 valence electrons. The average Bonchev–Trinajstić information content (AvgIpc) is 1.65. The Labute approximate surface area is 78.7 Å². The molecule has 0 fully saturated rings. The number of hydrogen-bond donors (Lipinski definition) is 0. The SMILES string of the molecule is C=CC(C)C[CH2-].[Br-].[Mg+2]. The van der Waals surface area contributed by atoms with Crippen LogP contribution in [0.2, 0.25) is 0 Å². The maximum atomic E-state index is 3.69. The molecule has 0 aliphatic carbocycles. The molecule has 1 unspecified atom stereocenters. The Hall–Kier alpha value is 0.986. The van der Waals surface area contributed by atoms with Crippen molar-refractivity contribution in [2.75, 3.05) is 0 Å². The van der Waals surface area contributed by atoms with Gasteiger partial charge in [0.1, 0.15) is 0 Å². The van der Waals surface area contributed by atoms with Gasteiger partial charge in [0.05, 0.1) is 0 Å². The van der Waals surface area contributed by atoms with Crippen molar-refractivity contribution in [2.45, 2.75) is 13.3 Å². The van der Waals surface area contributed by atoms with Crippen LogP contribution in [0.5, 0.6) is 0 Å². The Balaban J connectivity index is -0.000000125. The molecule has 2 heteroatoms. The molecular formula is C6H11BrMg. The molecule has 0 aliphatic heterocycles. The van der Waals surface area contributed by atoms with E-state index >= 15 is 0 Å². The van der Waals surface area contributed by atoms with Crippen LogP contribution in [-0.2, 0) is 0 Å². The Kier molecular flexibility index (Phi) is 21.7. The minimum absolute atomic E-state index is 0. The van der Waals surface area contributed by atoms with Crippen molar-refractivity contribution in [1.82, 2.24) is 0 Å². The van der Waals surface area contributed by atoms with Crippen LogP contribution < -0.4 is 17.0 Å². The molecule has 0 rings (SSSR count). The number of allylic oxidation sites excluding steroid dienone is 1. The molecule has 0 N–H and O–H groups in total. The van der Waals surface area contributed by atoms with E-state index in [1.54, 1.807) is 0 Å².